The number of halogens is 1. The molecule has 1 aliphatic heterocycles. The fourth-order valence-electron chi connectivity index (χ4n) is 5.16. The molecule has 0 radical (unpaired) electrons. The number of hydrogen-bond donors (Lipinski definition) is 4. The number of amides is 1. The number of rotatable bonds is 8. The average Bonchev–Trinajstić information content (AvgIpc) is 3.69. The quantitative estimate of drug-likeness (QED) is 0.129. The van der Waals surface area contributed by atoms with Crippen LogP contribution < -0.4 is 5.32 Å². The third-order valence-corrected chi connectivity index (χ3v) is 7.85. The van der Waals surface area contributed by atoms with E-state index in [2.05, 4.69) is 31.2 Å². The third-order valence-electron chi connectivity index (χ3n) is 7.32. The molecule has 232 valence electrons. The van der Waals surface area contributed by atoms with Crippen molar-refractivity contribution in [2.24, 2.45) is 0 Å². The van der Waals surface area contributed by atoms with E-state index in [0.717, 1.165) is 15.2 Å². The molecular formula is C32H28BrN3O9. The SMILES string of the molecule is CO[C@H]1O[C@H](CO)[C@@H](OC(=O)Nc2ccc(Br)cc2)[C@H](OC(=O)c2cc3ccccc3[nH]2)[C@H]1OC(=O)c1cc2ccccc2[nH]1. The van der Waals surface area contributed by atoms with Crippen LogP contribution in [0.4, 0.5) is 10.5 Å². The second kappa shape index (κ2) is 13.1. The standard InChI is InChI=1S/C32H28BrN3O9/c1-41-31-28(44-30(39)24-15-18-7-3-5-9-22(18)36-24)27(43-29(38)23-14-17-6-2-4-8-21(17)35-23)26(25(16-37)42-31)45-32(40)34-20-12-10-19(33)11-13-20/h2-15,25-28,31,35-37H,16H2,1H3,(H,34,40)/t25-,26-,27+,28-,31+/m1/s1. The Morgan fingerprint density at radius 2 is 1.36 bits per heavy atom. The largest absolute Gasteiger partial charge is 0.449 e. The van der Waals surface area contributed by atoms with Gasteiger partial charge in [0.05, 0.1) is 6.61 Å². The Morgan fingerprint density at radius 3 is 1.89 bits per heavy atom. The van der Waals surface area contributed by atoms with Crippen LogP contribution >= 0.6 is 15.9 Å². The van der Waals surface area contributed by atoms with Crippen LogP contribution in [0.25, 0.3) is 21.8 Å². The molecule has 6 rings (SSSR count). The average molecular weight is 678 g/mol. The number of aliphatic hydroxyl groups is 1. The molecule has 12 nitrogen and oxygen atoms in total. The minimum absolute atomic E-state index is 0.107. The summed E-state index contributed by atoms with van der Waals surface area (Å²) in [5.41, 5.74) is 2.06. The highest BCUT2D eigenvalue weighted by atomic mass is 79.9. The summed E-state index contributed by atoms with van der Waals surface area (Å²) in [5.74, 6) is -1.62. The number of carbonyl (C=O) groups excluding carboxylic acids is 3. The van der Waals surface area contributed by atoms with Gasteiger partial charge in [-0.15, -0.1) is 0 Å². The first kappa shape index (κ1) is 30.3. The van der Waals surface area contributed by atoms with Gasteiger partial charge < -0.3 is 38.8 Å². The number of fused-ring (bicyclic) bond motifs is 2. The minimum Gasteiger partial charge on any atom is -0.449 e. The molecule has 1 aliphatic rings. The van der Waals surface area contributed by atoms with Crippen molar-refractivity contribution in [2.45, 2.75) is 30.7 Å². The Hall–Kier alpha value is -4.69. The summed E-state index contributed by atoms with van der Waals surface area (Å²) in [6.07, 6.45) is -7.75. The number of nitrogens with one attached hydrogen (secondary N) is 3. The topological polar surface area (TPSA) is 161 Å². The van der Waals surface area contributed by atoms with E-state index in [1.165, 1.54) is 7.11 Å². The number of benzene rings is 3. The number of aliphatic hydroxyl groups excluding tert-OH is 1. The zero-order valence-corrected chi connectivity index (χ0v) is 25.4. The van der Waals surface area contributed by atoms with E-state index < -0.39 is 55.3 Å². The number of para-hydroxylation sites is 2. The zero-order chi connectivity index (χ0) is 31.5. The number of methoxy groups -OCH3 is 1. The van der Waals surface area contributed by atoms with Gasteiger partial charge >= 0.3 is 18.0 Å². The third kappa shape index (κ3) is 6.56. The van der Waals surface area contributed by atoms with Crippen LogP contribution in [0.1, 0.15) is 21.0 Å². The monoisotopic (exact) mass is 677 g/mol. The van der Waals surface area contributed by atoms with E-state index in [9.17, 15) is 19.5 Å². The molecule has 0 bridgehead atoms. The molecule has 3 aromatic carbocycles. The highest BCUT2D eigenvalue weighted by Gasteiger charge is 2.53. The van der Waals surface area contributed by atoms with Crippen molar-refractivity contribution in [2.75, 3.05) is 19.0 Å². The maximum absolute atomic E-state index is 13.5. The number of ether oxygens (including phenoxy) is 5. The minimum atomic E-state index is -1.47. The molecule has 1 amide bonds. The lowest BCUT2D eigenvalue weighted by Crippen LogP contribution is -2.63. The molecule has 1 fully saturated rings. The van der Waals surface area contributed by atoms with Crippen molar-refractivity contribution >= 4 is 61.5 Å². The van der Waals surface area contributed by atoms with Crippen molar-refractivity contribution in [3.8, 4) is 0 Å². The lowest BCUT2D eigenvalue weighted by atomic mass is 9.98. The highest BCUT2D eigenvalue weighted by Crippen LogP contribution is 2.31. The molecule has 13 heteroatoms. The van der Waals surface area contributed by atoms with Crippen molar-refractivity contribution in [1.82, 2.24) is 9.97 Å². The molecule has 45 heavy (non-hydrogen) atoms. The van der Waals surface area contributed by atoms with E-state index >= 15 is 0 Å². The molecule has 5 atom stereocenters. The maximum Gasteiger partial charge on any atom is 0.412 e. The van der Waals surface area contributed by atoms with Gasteiger partial charge in [0.1, 0.15) is 17.5 Å². The van der Waals surface area contributed by atoms with E-state index in [1.807, 2.05) is 36.4 Å². The molecular weight excluding hydrogens is 650 g/mol. The van der Waals surface area contributed by atoms with Gasteiger partial charge in [0.25, 0.3) is 0 Å². The summed E-state index contributed by atoms with van der Waals surface area (Å²) in [7, 11) is 1.31. The number of esters is 2. The van der Waals surface area contributed by atoms with Crippen molar-refractivity contribution < 1.29 is 43.2 Å². The fourth-order valence-corrected chi connectivity index (χ4v) is 5.43. The van der Waals surface area contributed by atoms with Gasteiger partial charge in [-0.3, -0.25) is 5.32 Å². The van der Waals surface area contributed by atoms with Crippen molar-refractivity contribution in [3.05, 3.63) is 101 Å². The Kier molecular flexibility index (Phi) is 8.85. The fraction of sp³-hybridized carbons (Fsp3) is 0.219. The molecule has 0 aliphatic carbocycles. The molecule has 0 saturated carbocycles. The van der Waals surface area contributed by atoms with E-state index in [1.54, 1.807) is 48.5 Å². The van der Waals surface area contributed by atoms with Crippen LogP contribution in [-0.4, -0.2) is 77.5 Å². The number of anilines is 1. The summed E-state index contributed by atoms with van der Waals surface area (Å²) in [6, 6.07) is 24.5. The molecule has 0 spiro atoms. The predicted octanol–water partition coefficient (Wildman–Crippen LogP) is 5.14. The van der Waals surface area contributed by atoms with Crippen LogP contribution in [0, 0.1) is 0 Å². The van der Waals surface area contributed by atoms with Crippen LogP contribution in [0.2, 0.25) is 0 Å². The Morgan fingerprint density at radius 1 is 0.800 bits per heavy atom. The molecule has 3 heterocycles. The van der Waals surface area contributed by atoms with Crippen LogP contribution in [0.5, 0.6) is 0 Å². The molecule has 1 saturated heterocycles. The second-order valence-electron chi connectivity index (χ2n) is 10.2. The zero-order valence-electron chi connectivity index (χ0n) is 23.8. The summed E-state index contributed by atoms with van der Waals surface area (Å²) < 4.78 is 29.6. The molecule has 0 unspecified atom stereocenters. The summed E-state index contributed by atoms with van der Waals surface area (Å²) in [6.45, 7) is -0.640. The van der Waals surface area contributed by atoms with Gasteiger partial charge in [-0.25, -0.2) is 14.4 Å². The number of hydrogen-bond acceptors (Lipinski definition) is 9. The Balaban J connectivity index is 1.32. The lowest BCUT2D eigenvalue weighted by molar-refractivity contribution is -0.291. The van der Waals surface area contributed by atoms with Crippen molar-refractivity contribution in [1.29, 1.82) is 0 Å². The molecule has 5 aromatic rings. The predicted molar refractivity (Wildman–Crippen MR) is 166 cm³/mol. The number of carbonyl (C=O) groups is 3. The lowest BCUT2D eigenvalue weighted by Gasteiger charge is -2.43. The number of H-pyrrole nitrogens is 2. The normalized spacial score (nSPS) is 21.4. The summed E-state index contributed by atoms with van der Waals surface area (Å²) >= 11 is 3.34. The second-order valence-corrected chi connectivity index (χ2v) is 11.2. The van der Waals surface area contributed by atoms with Crippen LogP contribution in [0.3, 0.4) is 0 Å². The first-order chi connectivity index (χ1) is 21.8. The first-order valence-electron chi connectivity index (χ1n) is 13.9. The maximum atomic E-state index is 13.5. The Labute approximate surface area is 264 Å². The summed E-state index contributed by atoms with van der Waals surface area (Å²) in [5, 5.41) is 14.4. The first-order valence-corrected chi connectivity index (χ1v) is 14.7. The van der Waals surface area contributed by atoms with E-state index in [0.29, 0.717) is 16.7 Å². The van der Waals surface area contributed by atoms with E-state index in [4.69, 9.17) is 23.7 Å². The van der Waals surface area contributed by atoms with Gasteiger partial charge in [0.15, 0.2) is 24.6 Å². The van der Waals surface area contributed by atoms with Crippen LogP contribution in [0.15, 0.2) is 89.4 Å². The van der Waals surface area contributed by atoms with E-state index in [-0.39, 0.29) is 11.4 Å². The Bertz CT molecular complexity index is 1770. The van der Waals surface area contributed by atoms with Crippen LogP contribution in [-0.2, 0) is 23.7 Å². The molecule has 2 aromatic heterocycles. The number of aromatic nitrogens is 2. The smallest absolute Gasteiger partial charge is 0.412 e. The van der Waals surface area contributed by atoms with Gasteiger partial charge in [-0.1, -0.05) is 52.3 Å². The van der Waals surface area contributed by atoms with Gasteiger partial charge in [-0.2, -0.15) is 0 Å². The summed E-state index contributed by atoms with van der Waals surface area (Å²) in [4.78, 5) is 46.0. The number of aromatic amines is 2. The van der Waals surface area contributed by atoms with Gasteiger partial charge in [0.2, 0.25) is 0 Å². The highest BCUT2D eigenvalue weighted by molar-refractivity contribution is 9.10. The van der Waals surface area contributed by atoms with Gasteiger partial charge in [-0.05, 0) is 48.5 Å². The van der Waals surface area contributed by atoms with Crippen molar-refractivity contribution in [3.63, 3.8) is 0 Å². The van der Waals surface area contributed by atoms with Gasteiger partial charge in [0, 0.05) is 39.1 Å². The molecule has 4 N–H and O–H groups in total.